The molecule has 0 bridgehead atoms. The van der Waals surface area contributed by atoms with Crippen molar-refractivity contribution < 1.29 is 8.85 Å². The maximum atomic E-state index is 6.20. The van der Waals surface area contributed by atoms with E-state index in [0.29, 0.717) is 11.6 Å². The first-order chi connectivity index (χ1) is 8.55. The van der Waals surface area contributed by atoms with Crippen LogP contribution in [-0.2, 0) is 8.85 Å². The Labute approximate surface area is 114 Å². The van der Waals surface area contributed by atoms with Crippen molar-refractivity contribution in [3.8, 4) is 0 Å². The molecule has 1 saturated carbocycles. The molecular weight excluding hydrogens is 242 g/mol. The molecule has 18 heavy (non-hydrogen) atoms. The van der Waals surface area contributed by atoms with Crippen LogP contribution in [0.4, 0.5) is 0 Å². The normalized spacial score (nSPS) is 25.7. The van der Waals surface area contributed by atoms with Crippen LogP contribution >= 0.6 is 0 Å². The lowest BCUT2D eigenvalue weighted by Gasteiger charge is -2.42. The van der Waals surface area contributed by atoms with E-state index in [-0.39, 0.29) is 0 Å². The summed E-state index contributed by atoms with van der Waals surface area (Å²) >= 11 is 0. The SMILES string of the molecule is CCO[Si](NC(C)C)(OCC)C1CCCCC1C. The van der Waals surface area contributed by atoms with Crippen LogP contribution in [0.25, 0.3) is 0 Å². The lowest BCUT2D eigenvalue weighted by Crippen LogP contribution is -2.63. The Bertz CT molecular complexity index is 230. The molecule has 1 fully saturated rings. The van der Waals surface area contributed by atoms with Gasteiger partial charge in [0.25, 0.3) is 0 Å². The van der Waals surface area contributed by atoms with Crippen LogP contribution in [0.5, 0.6) is 0 Å². The van der Waals surface area contributed by atoms with Crippen molar-refractivity contribution in [2.45, 2.75) is 71.9 Å². The van der Waals surface area contributed by atoms with Crippen molar-refractivity contribution in [3.63, 3.8) is 0 Å². The van der Waals surface area contributed by atoms with E-state index in [9.17, 15) is 0 Å². The van der Waals surface area contributed by atoms with E-state index in [4.69, 9.17) is 8.85 Å². The predicted octanol–water partition coefficient (Wildman–Crippen LogP) is 3.58. The molecule has 1 rings (SSSR count). The Kier molecular flexibility index (Phi) is 6.85. The molecule has 2 atom stereocenters. The molecule has 1 N–H and O–H groups in total. The summed E-state index contributed by atoms with van der Waals surface area (Å²) in [6.45, 7) is 12.4. The molecular formula is C14H31NO2Si. The van der Waals surface area contributed by atoms with Gasteiger partial charge in [-0.1, -0.05) is 40.0 Å². The Hall–Kier alpha value is 0.0969. The molecule has 0 heterocycles. The monoisotopic (exact) mass is 273 g/mol. The van der Waals surface area contributed by atoms with E-state index < -0.39 is 8.72 Å². The minimum Gasteiger partial charge on any atom is -0.383 e. The van der Waals surface area contributed by atoms with Gasteiger partial charge in [0.1, 0.15) is 0 Å². The zero-order valence-corrected chi connectivity index (χ0v) is 13.8. The third-order valence-corrected chi connectivity index (χ3v) is 8.06. The number of rotatable bonds is 7. The molecule has 0 amide bonds. The van der Waals surface area contributed by atoms with E-state index in [1.807, 2.05) is 0 Å². The van der Waals surface area contributed by atoms with Crippen LogP contribution in [0.15, 0.2) is 0 Å². The predicted molar refractivity (Wildman–Crippen MR) is 78.7 cm³/mol. The fourth-order valence-electron chi connectivity index (χ4n) is 3.16. The summed E-state index contributed by atoms with van der Waals surface area (Å²) in [5.41, 5.74) is 0.591. The van der Waals surface area contributed by atoms with E-state index in [1.54, 1.807) is 0 Å². The molecule has 0 aromatic rings. The van der Waals surface area contributed by atoms with Crippen LogP contribution in [0, 0.1) is 5.92 Å². The summed E-state index contributed by atoms with van der Waals surface area (Å²) in [5.74, 6) is 0.717. The van der Waals surface area contributed by atoms with Crippen molar-refractivity contribution in [3.05, 3.63) is 0 Å². The third-order valence-electron chi connectivity index (χ3n) is 3.81. The first kappa shape index (κ1) is 16.2. The van der Waals surface area contributed by atoms with Crippen molar-refractivity contribution in [1.82, 2.24) is 4.98 Å². The second kappa shape index (κ2) is 7.63. The number of nitrogens with one attached hydrogen (secondary N) is 1. The molecule has 0 saturated heterocycles. The van der Waals surface area contributed by atoms with Gasteiger partial charge in [0.05, 0.1) is 0 Å². The summed E-state index contributed by atoms with van der Waals surface area (Å²) in [4.78, 5) is 3.69. The van der Waals surface area contributed by atoms with E-state index in [2.05, 4.69) is 39.6 Å². The Balaban J connectivity index is 2.89. The molecule has 2 unspecified atom stereocenters. The molecule has 4 heteroatoms. The lowest BCUT2D eigenvalue weighted by molar-refractivity contribution is 0.139. The standard InChI is InChI=1S/C14H31NO2Si/c1-6-16-18(17-7-2,15-12(3)4)14-11-9-8-10-13(14)5/h12-15H,6-11H2,1-5H3. The maximum absolute atomic E-state index is 6.20. The van der Waals surface area contributed by atoms with Crippen LogP contribution in [0.2, 0.25) is 5.54 Å². The zero-order valence-electron chi connectivity index (χ0n) is 12.8. The topological polar surface area (TPSA) is 30.5 Å². The first-order valence-electron chi connectivity index (χ1n) is 7.61. The Morgan fingerprint density at radius 2 is 1.67 bits per heavy atom. The summed E-state index contributed by atoms with van der Waals surface area (Å²) in [5, 5.41) is 0. The van der Waals surface area contributed by atoms with E-state index in [0.717, 1.165) is 19.1 Å². The molecule has 0 aliphatic heterocycles. The van der Waals surface area contributed by atoms with Crippen molar-refractivity contribution >= 4 is 8.72 Å². The molecule has 108 valence electrons. The van der Waals surface area contributed by atoms with Crippen molar-refractivity contribution in [2.24, 2.45) is 5.92 Å². The van der Waals surface area contributed by atoms with Gasteiger partial charge >= 0.3 is 8.72 Å². The minimum absolute atomic E-state index is 0.420. The summed E-state index contributed by atoms with van der Waals surface area (Å²) in [6.07, 6.45) is 5.26. The smallest absolute Gasteiger partial charge is 0.383 e. The van der Waals surface area contributed by atoms with Gasteiger partial charge in [0.2, 0.25) is 0 Å². The fourth-order valence-corrected chi connectivity index (χ4v) is 7.21. The fraction of sp³-hybridized carbons (Fsp3) is 1.00. The minimum atomic E-state index is -2.27. The third kappa shape index (κ3) is 4.05. The average molecular weight is 273 g/mol. The van der Waals surface area contributed by atoms with E-state index in [1.165, 1.54) is 25.7 Å². The highest BCUT2D eigenvalue weighted by molar-refractivity contribution is 6.66. The van der Waals surface area contributed by atoms with Crippen molar-refractivity contribution in [1.29, 1.82) is 0 Å². The van der Waals surface area contributed by atoms with Crippen molar-refractivity contribution in [2.75, 3.05) is 13.2 Å². The van der Waals surface area contributed by atoms with Crippen LogP contribution in [0.3, 0.4) is 0 Å². The van der Waals surface area contributed by atoms with Gasteiger partial charge in [-0.25, -0.2) is 0 Å². The Morgan fingerprint density at radius 3 is 2.11 bits per heavy atom. The van der Waals surface area contributed by atoms with Gasteiger partial charge in [-0.15, -0.1) is 0 Å². The van der Waals surface area contributed by atoms with Crippen LogP contribution < -0.4 is 4.98 Å². The average Bonchev–Trinajstić information content (AvgIpc) is 2.29. The molecule has 0 aromatic carbocycles. The molecule has 3 nitrogen and oxygen atoms in total. The largest absolute Gasteiger partial charge is 0.428 e. The Morgan fingerprint density at radius 1 is 1.11 bits per heavy atom. The zero-order chi connectivity index (χ0) is 13.6. The summed E-state index contributed by atoms with van der Waals surface area (Å²) in [7, 11) is -2.27. The molecule has 1 aliphatic carbocycles. The van der Waals surface area contributed by atoms with Gasteiger partial charge in [0.15, 0.2) is 0 Å². The molecule has 1 aliphatic rings. The molecule has 0 aromatic heterocycles. The van der Waals surface area contributed by atoms with Gasteiger partial charge in [-0.2, -0.15) is 0 Å². The molecule has 0 spiro atoms. The van der Waals surface area contributed by atoms with Gasteiger partial charge in [0, 0.05) is 18.8 Å². The van der Waals surface area contributed by atoms with E-state index >= 15 is 0 Å². The maximum Gasteiger partial charge on any atom is 0.428 e. The second-order valence-corrected chi connectivity index (χ2v) is 8.64. The second-order valence-electron chi connectivity index (χ2n) is 5.70. The van der Waals surface area contributed by atoms with Crippen LogP contribution in [-0.4, -0.2) is 28.0 Å². The van der Waals surface area contributed by atoms with Crippen LogP contribution in [0.1, 0.15) is 60.3 Å². The molecule has 0 radical (unpaired) electrons. The highest BCUT2D eigenvalue weighted by atomic mass is 28.4. The van der Waals surface area contributed by atoms with Gasteiger partial charge < -0.3 is 8.85 Å². The highest BCUT2D eigenvalue weighted by Crippen LogP contribution is 2.41. The number of hydrogen-bond acceptors (Lipinski definition) is 3. The first-order valence-corrected chi connectivity index (χ1v) is 9.50. The lowest BCUT2D eigenvalue weighted by atomic mass is 9.90. The summed E-state index contributed by atoms with van der Waals surface area (Å²) in [6, 6.07) is 0.420. The quantitative estimate of drug-likeness (QED) is 0.719. The highest BCUT2D eigenvalue weighted by Gasteiger charge is 2.49. The number of hydrogen-bond donors (Lipinski definition) is 1. The summed E-state index contributed by atoms with van der Waals surface area (Å²) < 4.78 is 12.4. The van der Waals surface area contributed by atoms with Gasteiger partial charge in [-0.05, 0) is 32.2 Å². The van der Waals surface area contributed by atoms with Gasteiger partial charge in [-0.3, -0.25) is 4.98 Å².